The molecular weight excluding hydrogens is 170 g/mol. The zero-order chi connectivity index (χ0) is 10.3. The number of hydrogen-bond donors (Lipinski definition) is 1. The minimum atomic E-state index is 0.282. The Balaban J connectivity index is 2.38. The van der Waals surface area contributed by atoms with Crippen LogP contribution in [-0.4, -0.2) is 6.04 Å². The largest absolute Gasteiger partial charge is 0.327 e. The van der Waals surface area contributed by atoms with Crippen molar-refractivity contribution < 1.29 is 0 Å². The first-order valence-electron chi connectivity index (χ1n) is 5.39. The quantitative estimate of drug-likeness (QED) is 0.760. The first-order chi connectivity index (χ1) is 6.56. The van der Waals surface area contributed by atoms with E-state index >= 15 is 0 Å². The smallest absolute Gasteiger partial charge is 0.0108 e. The van der Waals surface area contributed by atoms with Crippen LogP contribution >= 0.6 is 0 Å². The van der Waals surface area contributed by atoms with Crippen molar-refractivity contribution in [3.05, 3.63) is 34.9 Å². The second kappa shape index (κ2) is 3.09. The van der Waals surface area contributed by atoms with Crippen LogP contribution in [0.2, 0.25) is 0 Å². The lowest BCUT2D eigenvalue weighted by Crippen LogP contribution is -2.31. The monoisotopic (exact) mass is 189 g/mol. The van der Waals surface area contributed by atoms with Crippen molar-refractivity contribution in [2.45, 2.75) is 45.1 Å². The second-order valence-electron chi connectivity index (χ2n) is 4.74. The lowest BCUT2D eigenvalue weighted by atomic mass is 9.88. The Labute approximate surface area is 86.3 Å². The zero-order valence-corrected chi connectivity index (χ0v) is 9.30. The van der Waals surface area contributed by atoms with Crippen LogP contribution in [0.25, 0.3) is 0 Å². The zero-order valence-electron chi connectivity index (χ0n) is 9.30. The summed E-state index contributed by atoms with van der Waals surface area (Å²) in [4.78, 5) is 0. The van der Waals surface area contributed by atoms with E-state index in [0.717, 1.165) is 0 Å². The molecule has 76 valence electrons. The molecule has 1 nitrogen and oxygen atoms in total. The maximum Gasteiger partial charge on any atom is 0.0108 e. The molecule has 0 amide bonds. The number of aryl methyl sites for hydroxylation is 2. The van der Waals surface area contributed by atoms with Gasteiger partial charge in [-0.15, -0.1) is 0 Å². The van der Waals surface area contributed by atoms with Crippen molar-refractivity contribution in [3.63, 3.8) is 0 Å². The third kappa shape index (κ3) is 1.36. The SMILES string of the molecule is Cc1ccc(C2(C(C)N)CC2)cc1C. The van der Waals surface area contributed by atoms with E-state index in [1.807, 2.05) is 0 Å². The fraction of sp³-hybridized carbons (Fsp3) is 0.538. The summed E-state index contributed by atoms with van der Waals surface area (Å²) in [6.07, 6.45) is 2.51. The van der Waals surface area contributed by atoms with E-state index in [9.17, 15) is 0 Å². The molecule has 1 aliphatic rings. The standard InChI is InChI=1S/C13H19N/c1-9-4-5-12(8-10(9)2)13(6-7-13)11(3)14/h4-5,8,11H,6-7,14H2,1-3H3. The minimum absolute atomic E-state index is 0.282. The van der Waals surface area contributed by atoms with Gasteiger partial charge in [0.2, 0.25) is 0 Å². The summed E-state index contributed by atoms with van der Waals surface area (Å²) in [5, 5.41) is 0. The molecule has 14 heavy (non-hydrogen) atoms. The highest BCUT2D eigenvalue weighted by Crippen LogP contribution is 2.50. The predicted octanol–water partition coefficient (Wildman–Crippen LogP) is 2.68. The molecule has 0 aliphatic heterocycles. The van der Waals surface area contributed by atoms with Gasteiger partial charge in [-0.2, -0.15) is 0 Å². The Bertz CT molecular complexity index is 348. The van der Waals surface area contributed by atoms with E-state index in [-0.39, 0.29) is 6.04 Å². The molecule has 1 aromatic carbocycles. The van der Waals surface area contributed by atoms with Gasteiger partial charge in [0.25, 0.3) is 0 Å². The fourth-order valence-electron chi connectivity index (χ4n) is 2.19. The van der Waals surface area contributed by atoms with Crippen LogP contribution in [0.1, 0.15) is 36.5 Å². The van der Waals surface area contributed by atoms with E-state index in [1.165, 1.54) is 29.5 Å². The Kier molecular flexibility index (Phi) is 2.15. The minimum Gasteiger partial charge on any atom is -0.327 e. The van der Waals surface area contributed by atoms with Crippen molar-refractivity contribution in [1.82, 2.24) is 0 Å². The van der Waals surface area contributed by atoms with Crippen LogP contribution in [0.5, 0.6) is 0 Å². The maximum atomic E-state index is 6.05. The molecule has 1 unspecified atom stereocenters. The van der Waals surface area contributed by atoms with Gasteiger partial charge in [0.05, 0.1) is 0 Å². The van der Waals surface area contributed by atoms with Gasteiger partial charge < -0.3 is 5.73 Å². The molecular formula is C13H19N. The molecule has 1 saturated carbocycles. The lowest BCUT2D eigenvalue weighted by Gasteiger charge is -2.21. The van der Waals surface area contributed by atoms with Crippen LogP contribution in [0.4, 0.5) is 0 Å². The molecule has 1 aromatic rings. The second-order valence-corrected chi connectivity index (χ2v) is 4.74. The molecule has 0 saturated heterocycles. The van der Waals surface area contributed by atoms with Gasteiger partial charge in [0.15, 0.2) is 0 Å². The summed E-state index contributed by atoms with van der Waals surface area (Å²) in [6.45, 7) is 6.46. The van der Waals surface area contributed by atoms with Crippen molar-refractivity contribution in [2.24, 2.45) is 5.73 Å². The Morgan fingerprint density at radius 2 is 1.86 bits per heavy atom. The van der Waals surface area contributed by atoms with Gasteiger partial charge in [-0.25, -0.2) is 0 Å². The highest BCUT2D eigenvalue weighted by Gasteiger charge is 2.47. The normalized spacial score (nSPS) is 20.6. The van der Waals surface area contributed by atoms with Crippen LogP contribution in [0.3, 0.4) is 0 Å². The van der Waals surface area contributed by atoms with Gasteiger partial charge in [-0.3, -0.25) is 0 Å². The van der Waals surface area contributed by atoms with Crippen LogP contribution in [0.15, 0.2) is 18.2 Å². The predicted molar refractivity (Wildman–Crippen MR) is 60.5 cm³/mol. The van der Waals surface area contributed by atoms with Gasteiger partial charge in [0, 0.05) is 11.5 Å². The first kappa shape index (κ1) is 9.72. The molecule has 0 aromatic heterocycles. The van der Waals surface area contributed by atoms with Crippen LogP contribution in [0, 0.1) is 13.8 Å². The number of hydrogen-bond acceptors (Lipinski definition) is 1. The molecule has 0 radical (unpaired) electrons. The average molecular weight is 189 g/mol. The van der Waals surface area contributed by atoms with E-state index in [1.54, 1.807) is 0 Å². The third-order valence-corrected chi connectivity index (χ3v) is 3.74. The number of rotatable bonds is 2. The van der Waals surface area contributed by atoms with E-state index in [0.29, 0.717) is 5.41 Å². The summed E-state index contributed by atoms with van der Waals surface area (Å²) in [6, 6.07) is 7.06. The topological polar surface area (TPSA) is 26.0 Å². The van der Waals surface area contributed by atoms with Crippen LogP contribution < -0.4 is 5.73 Å². The molecule has 2 rings (SSSR count). The summed E-state index contributed by atoms with van der Waals surface area (Å²) in [5.74, 6) is 0. The van der Waals surface area contributed by atoms with Gasteiger partial charge >= 0.3 is 0 Å². The maximum absolute atomic E-state index is 6.05. The van der Waals surface area contributed by atoms with Crippen molar-refractivity contribution in [3.8, 4) is 0 Å². The molecule has 1 heteroatoms. The number of benzene rings is 1. The van der Waals surface area contributed by atoms with Gasteiger partial charge in [-0.1, -0.05) is 18.2 Å². The molecule has 0 spiro atoms. The third-order valence-electron chi connectivity index (χ3n) is 3.74. The Morgan fingerprint density at radius 3 is 2.29 bits per heavy atom. The van der Waals surface area contributed by atoms with Crippen molar-refractivity contribution in [1.29, 1.82) is 0 Å². The van der Waals surface area contributed by atoms with E-state index in [2.05, 4.69) is 39.0 Å². The number of nitrogens with two attached hydrogens (primary N) is 1. The first-order valence-corrected chi connectivity index (χ1v) is 5.39. The summed E-state index contributed by atoms with van der Waals surface area (Å²) in [7, 11) is 0. The Morgan fingerprint density at radius 1 is 1.21 bits per heavy atom. The van der Waals surface area contributed by atoms with Crippen LogP contribution in [-0.2, 0) is 5.41 Å². The van der Waals surface area contributed by atoms with Gasteiger partial charge in [-0.05, 0) is 50.3 Å². The summed E-state index contributed by atoms with van der Waals surface area (Å²) < 4.78 is 0. The molecule has 0 heterocycles. The molecule has 1 atom stereocenters. The Hall–Kier alpha value is -0.820. The molecule has 2 N–H and O–H groups in total. The highest BCUT2D eigenvalue weighted by atomic mass is 14.7. The molecule has 1 aliphatic carbocycles. The van der Waals surface area contributed by atoms with Gasteiger partial charge in [0.1, 0.15) is 0 Å². The molecule has 0 bridgehead atoms. The molecule has 1 fully saturated rings. The highest BCUT2D eigenvalue weighted by molar-refractivity contribution is 5.39. The average Bonchev–Trinajstić information content (AvgIpc) is 2.90. The van der Waals surface area contributed by atoms with E-state index in [4.69, 9.17) is 5.73 Å². The summed E-state index contributed by atoms with van der Waals surface area (Å²) >= 11 is 0. The fourth-order valence-corrected chi connectivity index (χ4v) is 2.19. The lowest BCUT2D eigenvalue weighted by molar-refractivity contribution is 0.556. The van der Waals surface area contributed by atoms with Crippen molar-refractivity contribution in [2.75, 3.05) is 0 Å². The summed E-state index contributed by atoms with van der Waals surface area (Å²) in [5.41, 5.74) is 10.6. The van der Waals surface area contributed by atoms with Crippen molar-refractivity contribution >= 4 is 0 Å². The van der Waals surface area contributed by atoms with E-state index < -0.39 is 0 Å².